The normalized spacial score (nSPS) is 27.1. The van der Waals surface area contributed by atoms with Crippen LogP contribution in [0.3, 0.4) is 0 Å². The lowest BCUT2D eigenvalue weighted by Crippen LogP contribution is -2.60. The molecule has 1 fully saturated rings. The minimum atomic E-state index is -1.58. The van der Waals surface area contributed by atoms with Gasteiger partial charge in [-0.25, -0.2) is 4.79 Å². The second kappa shape index (κ2) is 8.47. The van der Waals surface area contributed by atoms with E-state index in [0.29, 0.717) is 10.9 Å². The summed E-state index contributed by atoms with van der Waals surface area (Å²) in [4.78, 5) is 23.0. The van der Waals surface area contributed by atoms with Gasteiger partial charge in [-0.2, -0.15) is 0 Å². The van der Waals surface area contributed by atoms with Crippen LogP contribution in [-0.4, -0.2) is 68.8 Å². The zero-order valence-electron chi connectivity index (χ0n) is 15.5. The molecule has 0 amide bonds. The Morgan fingerprint density at radius 1 is 1.17 bits per heavy atom. The second-order valence-electron chi connectivity index (χ2n) is 6.86. The first-order valence-corrected chi connectivity index (χ1v) is 8.98. The molecule has 0 saturated carbocycles. The molecule has 3 rings (SSSR count). The third-order valence-corrected chi connectivity index (χ3v) is 4.95. The van der Waals surface area contributed by atoms with Gasteiger partial charge in [0.1, 0.15) is 35.7 Å². The van der Waals surface area contributed by atoms with Crippen molar-refractivity contribution in [1.82, 2.24) is 0 Å². The summed E-state index contributed by atoms with van der Waals surface area (Å²) in [6.45, 7) is 1.10. The van der Waals surface area contributed by atoms with Crippen molar-refractivity contribution < 1.29 is 44.2 Å². The van der Waals surface area contributed by atoms with Crippen LogP contribution in [0.2, 0.25) is 0 Å². The molecule has 0 aliphatic carbocycles. The van der Waals surface area contributed by atoms with Gasteiger partial charge in [0.05, 0.1) is 6.61 Å². The molecule has 1 aliphatic heterocycles. The lowest BCUT2D eigenvalue weighted by molar-refractivity contribution is -0.277. The van der Waals surface area contributed by atoms with Gasteiger partial charge in [-0.15, -0.1) is 0 Å². The average molecular weight is 410 g/mol. The van der Waals surface area contributed by atoms with Crippen molar-refractivity contribution in [2.24, 2.45) is 0 Å². The van der Waals surface area contributed by atoms with Gasteiger partial charge < -0.3 is 39.4 Å². The highest BCUT2D eigenvalue weighted by Gasteiger charge is 2.44. The molecule has 0 unspecified atom stereocenters. The summed E-state index contributed by atoms with van der Waals surface area (Å²) in [7, 11) is 0. The number of rotatable bonds is 6. The van der Waals surface area contributed by atoms with Crippen LogP contribution in [0.5, 0.6) is 5.75 Å². The molecule has 1 aromatic heterocycles. The molecule has 1 aromatic carbocycles. The van der Waals surface area contributed by atoms with Gasteiger partial charge >= 0.3 is 11.6 Å². The van der Waals surface area contributed by atoms with Crippen molar-refractivity contribution in [3.63, 3.8) is 0 Å². The molecule has 0 radical (unpaired) electrons. The monoisotopic (exact) mass is 410 g/mol. The van der Waals surface area contributed by atoms with Crippen molar-refractivity contribution in [2.75, 3.05) is 6.61 Å². The van der Waals surface area contributed by atoms with Gasteiger partial charge in [-0.3, -0.25) is 4.79 Å². The Morgan fingerprint density at radius 2 is 1.90 bits per heavy atom. The lowest BCUT2D eigenvalue weighted by atomic mass is 9.99. The molecule has 1 saturated heterocycles. The highest BCUT2D eigenvalue weighted by atomic mass is 16.7. The maximum Gasteiger partial charge on any atom is 0.339 e. The van der Waals surface area contributed by atoms with Crippen LogP contribution in [-0.2, 0) is 16.0 Å². The molecule has 0 spiro atoms. The van der Waals surface area contributed by atoms with Crippen LogP contribution in [0.1, 0.15) is 17.5 Å². The van der Waals surface area contributed by atoms with Crippen LogP contribution in [0.25, 0.3) is 11.0 Å². The number of fused-ring (bicyclic) bond motifs is 1. The summed E-state index contributed by atoms with van der Waals surface area (Å²) in [6.07, 6.45) is -7.30. The van der Waals surface area contributed by atoms with Crippen LogP contribution in [0, 0.1) is 6.92 Å². The van der Waals surface area contributed by atoms with E-state index in [-0.39, 0.29) is 29.7 Å². The van der Waals surface area contributed by atoms with Gasteiger partial charge in [-0.05, 0) is 31.0 Å². The van der Waals surface area contributed by atoms with Crippen LogP contribution in [0.4, 0.5) is 0 Å². The summed E-state index contributed by atoms with van der Waals surface area (Å²) in [5, 5.41) is 48.4. The number of aliphatic hydroxyl groups is 4. The number of ether oxygens (including phenoxy) is 2. The van der Waals surface area contributed by atoms with E-state index in [9.17, 15) is 30.0 Å². The van der Waals surface area contributed by atoms with Gasteiger partial charge in [0.15, 0.2) is 0 Å². The fourth-order valence-electron chi connectivity index (χ4n) is 3.27. The molecule has 10 nitrogen and oxygen atoms in total. The summed E-state index contributed by atoms with van der Waals surface area (Å²) in [5.41, 5.74) is 0.411. The van der Waals surface area contributed by atoms with Crippen molar-refractivity contribution in [3.05, 3.63) is 39.7 Å². The highest BCUT2D eigenvalue weighted by Crippen LogP contribution is 2.28. The number of carboxylic acids is 1. The summed E-state index contributed by atoms with van der Waals surface area (Å²) in [5.74, 6) is -0.866. The summed E-state index contributed by atoms with van der Waals surface area (Å²) >= 11 is 0. The van der Waals surface area contributed by atoms with E-state index in [1.54, 1.807) is 13.0 Å². The maximum absolute atomic E-state index is 12.2. The van der Waals surface area contributed by atoms with Crippen LogP contribution < -0.4 is 10.4 Å². The van der Waals surface area contributed by atoms with E-state index in [4.69, 9.17) is 19.0 Å². The van der Waals surface area contributed by atoms with Crippen LogP contribution >= 0.6 is 0 Å². The Labute approximate surface area is 164 Å². The average Bonchev–Trinajstić information content (AvgIpc) is 2.67. The quantitative estimate of drug-likeness (QED) is 0.384. The van der Waals surface area contributed by atoms with Gasteiger partial charge in [0, 0.05) is 23.4 Å². The highest BCUT2D eigenvalue weighted by molar-refractivity contribution is 5.82. The molecule has 29 heavy (non-hydrogen) atoms. The number of aliphatic hydroxyl groups excluding tert-OH is 4. The molecule has 2 aromatic rings. The van der Waals surface area contributed by atoms with E-state index < -0.39 is 48.9 Å². The van der Waals surface area contributed by atoms with Gasteiger partial charge in [0.25, 0.3) is 0 Å². The number of aryl methyl sites for hydroxylation is 1. The Morgan fingerprint density at radius 3 is 2.55 bits per heavy atom. The minimum absolute atomic E-state index is 0.0442. The first-order valence-electron chi connectivity index (χ1n) is 8.98. The molecular weight excluding hydrogens is 388 g/mol. The first-order chi connectivity index (χ1) is 13.7. The summed E-state index contributed by atoms with van der Waals surface area (Å²) in [6, 6.07) is 4.53. The number of hydrogen-bond donors (Lipinski definition) is 5. The molecule has 0 bridgehead atoms. The first kappa shape index (κ1) is 21.2. The molecular formula is C19H22O10. The Kier molecular flexibility index (Phi) is 6.20. The number of carboxylic acid groups (broad SMARTS) is 1. The number of hydrogen-bond acceptors (Lipinski definition) is 9. The largest absolute Gasteiger partial charge is 0.481 e. The Balaban J connectivity index is 1.87. The van der Waals surface area contributed by atoms with E-state index in [2.05, 4.69) is 0 Å². The van der Waals surface area contributed by atoms with E-state index in [0.717, 1.165) is 0 Å². The minimum Gasteiger partial charge on any atom is -0.481 e. The van der Waals surface area contributed by atoms with Gasteiger partial charge in [0.2, 0.25) is 6.29 Å². The van der Waals surface area contributed by atoms with E-state index in [1.807, 2.05) is 0 Å². The molecule has 5 N–H and O–H groups in total. The standard InChI is InChI=1S/C19H22O10/c1-8-10-3-2-9(6-12(10)28-18(26)11(8)4-5-14(21)22)27-19-17(25)16(24)15(23)13(7-20)29-19/h2-3,6,13,15-17,19-20,23-25H,4-5,7H2,1H3,(H,21,22)/t13-,15+,16+,17-,19-/m1/s1. The second-order valence-corrected chi connectivity index (χ2v) is 6.86. The molecule has 2 heterocycles. The fraction of sp³-hybridized carbons (Fsp3) is 0.474. The number of aliphatic carboxylic acids is 1. The SMILES string of the molecule is Cc1c(CCC(=O)O)c(=O)oc2cc(O[C@@H]3O[C@H](CO)[C@H](O)[C@H](O)[C@H]3O)ccc12. The topological polar surface area (TPSA) is 167 Å². The third-order valence-electron chi connectivity index (χ3n) is 4.95. The van der Waals surface area contributed by atoms with Crippen molar-refractivity contribution in [1.29, 1.82) is 0 Å². The van der Waals surface area contributed by atoms with E-state index >= 15 is 0 Å². The lowest BCUT2D eigenvalue weighted by Gasteiger charge is -2.39. The molecule has 158 valence electrons. The van der Waals surface area contributed by atoms with Crippen molar-refractivity contribution in [3.8, 4) is 5.75 Å². The molecule has 5 atom stereocenters. The predicted octanol–water partition coefficient (Wildman–Crippen LogP) is -0.703. The van der Waals surface area contributed by atoms with E-state index in [1.165, 1.54) is 12.1 Å². The Bertz CT molecular complexity index is 950. The fourth-order valence-corrected chi connectivity index (χ4v) is 3.27. The Hall–Kier alpha value is -2.50. The van der Waals surface area contributed by atoms with Gasteiger partial charge in [-0.1, -0.05) is 0 Å². The van der Waals surface area contributed by atoms with Crippen LogP contribution in [0.15, 0.2) is 27.4 Å². The zero-order chi connectivity index (χ0) is 21.3. The zero-order valence-corrected chi connectivity index (χ0v) is 15.5. The smallest absolute Gasteiger partial charge is 0.339 e. The summed E-state index contributed by atoms with van der Waals surface area (Å²) < 4.78 is 16.1. The molecule has 1 aliphatic rings. The third kappa shape index (κ3) is 4.26. The molecule has 10 heteroatoms. The predicted molar refractivity (Wildman–Crippen MR) is 97.6 cm³/mol. The number of benzene rings is 1. The maximum atomic E-state index is 12.2. The van der Waals surface area contributed by atoms with Crippen molar-refractivity contribution >= 4 is 16.9 Å². The number of carbonyl (C=O) groups is 1. The van der Waals surface area contributed by atoms with Crippen molar-refractivity contribution in [2.45, 2.75) is 50.5 Å².